The summed E-state index contributed by atoms with van der Waals surface area (Å²) in [5.74, 6) is 0. The van der Waals surface area contributed by atoms with Gasteiger partial charge in [-0.2, -0.15) is 0 Å². The van der Waals surface area contributed by atoms with E-state index in [0.717, 1.165) is 16.8 Å². The van der Waals surface area contributed by atoms with E-state index in [1.807, 2.05) is 19.9 Å². The normalized spacial score (nSPS) is 12.1. The first-order valence-corrected chi connectivity index (χ1v) is 5.95. The van der Waals surface area contributed by atoms with Gasteiger partial charge in [-0.1, -0.05) is 6.08 Å². The molecule has 1 aromatic carbocycles. The lowest BCUT2D eigenvalue weighted by molar-refractivity contribution is -0.383. The Morgan fingerprint density at radius 2 is 2.21 bits per heavy atom. The molecule has 1 aromatic heterocycles. The first kappa shape index (κ1) is 13.0. The van der Waals surface area contributed by atoms with E-state index in [4.69, 9.17) is 0 Å². The first-order chi connectivity index (χ1) is 9.02. The topological polar surface area (TPSA) is 68.1 Å². The van der Waals surface area contributed by atoms with E-state index in [1.165, 1.54) is 6.07 Å². The average molecular weight is 257 g/mol. The van der Waals surface area contributed by atoms with Gasteiger partial charge < -0.3 is 5.32 Å². The summed E-state index contributed by atoms with van der Waals surface area (Å²) in [7, 11) is 0. The lowest BCUT2D eigenvalue weighted by Gasteiger charge is -2.13. The SMILES string of the molecule is C=CC(C)Nc1ccc([N+](=O)[O-])c2cnc(C)cc12. The number of non-ortho nitro benzene ring substituents is 1. The van der Waals surface area contributed by atoms with E-state index in [2.05, 4.69) is 16.9 Å². The molecule has 0 saturated heterocycles. The maximum absolute atomic E-state index is 11.0. The number of nitrogens with one attached hydrogen (secondary N) is 1. The van der Waals surface area contributed by atoms with Gasteiger partial charge in [-0.15, -0.1) is 6.58 Å². The molecule has 0 aliphatic rings. The van der Waals surface area contributed by atoms with Gasteiger partial charge >= 0.3 is 0 Å². The van der Waals surface area contributed by atoms with Crippen molar-refractivity contribution in [3.8, 4) is 0 Å². The summed E-state index contributed by atoms with van der Waals surface area (Å²) in [6.45, 7) is 7.54. The Kier molecular flexibility index (Phi) is 3.46. The second kappa shape index (κ2) is 5.06. The maximum Gasteiger partial charge on any atom is 0.278 e. The Morgan fingerprint density at radius 3 is 2.84 bits per heavy atom. The molecule has 0 spiro atoms. The molecule has 1 atom stereocenters. The summed E-state index contributed by atoms with van der Waals surface area (Å²) in [5, 5.41) is 15.6. The number of aryl methyl sites for hydroxylation is 1. The molecule has 0 bridgehead atoms. The molecule has 0 fully saturated rings. The van der Waals surface area contributed by atoms with Crippen molar-refractivity contribution < 1.29 is 4.92 Å². The predicted octanol–water partition coefficient (Wildman–Crippen LogP) is 3.44. The van der Waals surface area contributed by atoms with Gasteiger partial charge in [0.2, 0.25) is 0 Å². The van der Waals surface area contributed by atoms with E-state index < -0.39 is 0 Å². The van der Waals surface area contributed by atoms with Crippen LogP contribution >= 0.6 is 0 Å². The third-order valence-electron chi connectivity index (χ3n) is 2.95. The minimum atomic E-state index is -0.389. The molecule has 1 N–H and O–H groups in total. The summed E-state index contributed by atoms with van der Waals surface area (Å²) in [6.07, 6.45) is 3.33. The zero-order valence-electron chi connectivity index (χ0n) is 10.9. The highest BCUT2D eigenvalue weighted by molar-refractivity contribution is 5.99. The van der Waals surface area contributed by atoms with Crippen LogP contribution in [0, 0.1) is 17.0 Å². The number of nitro benzene ring substituents is 1. The second-order valence-electron chi connectivity index (χ2n) is 4.43. The number of nitro groups is 1. The quantitative estimate of drug-likeness (QED) is 0.517. The van der Waals surface area contributed by atoms with Crippen molar-refractivity contribution in [2.75, 3.05) is 5.32 Å². The molecular weight excluding hydrogens is 242 g/mol. The fraction of sp³-hybridized carbons (Fsp3) is 0.214. The Hall–Kier alpha value is -2.43. The fourth-order valence-corrected chi connectivity index (χ4v) is 1.92. The summed E-state index contributed by atoms with van der Waals surface area (Å²) >= 11 is 0. The van der Waals surface area contributed by atoms with Crippen LogP contribution in [-0.2, 0) is 0 Å². The van der Waals surface area contributed by atoms with Crippen molar-refractivity contribution in [1.82, 2.24) is 4.98 Å². The summed E-state index contributed by atoms with van der Waals surface area (Å²) in [6, 6.07) is 5.15. The Morgan fingerprint density at radius 1 is 1.47 bits per heavy atom. The van der Waals surface area contributed by atoms with Crippen LogP contribution in [0.3, 0.4) is 0 Å². The Bertz CT molecular complexity index is 652. The number of hydrogen-bond donors (Lipinski definition) is 1. The summed E-state index contributed by atoms with van der Waals surface area (Å²) < 4.78 is 0. The van der Waals surface area contributed by atoms with E-state index in [1.54, 1.807) is 18.3 Å². The highest BCUT2D eigenvalue weighted by Gasteiger charge is 2.15. The molecule has 98 valence electrons. The van der Waals surface area contributed by atoms with Gasteiger partial charge in [-0.05, 0) is 26.0 Å². The van der Waals surface area contributed by atoms with Crippen molar-refractivity contribution in [3.63, 3.8) is 0 Å². The van der Waals surface area contributed by atoms with Crippen LogP contribution in [-0.4, -0.2) is 15.9 Å². The van der Waals surface area contributed by atoms with Crippen molar-refractivity contribution in [3.05, 3.63) is 52.9 Å². The first-order valence-electron chi connectivity index (χ1n) is 5.95. The van der Waals surface area contributed by atoms with E-state index >= 15 is 0 Å². The van der Waals surface area contributed by atoms with Gasteiger partial charge in [-0.25, -0.2) is 0 Å². The highest BCUT2D eigenvalue weighted by Crippen LogP contribution is 2.31. The molecular formula is C14H15N3O2. The summed E-state index contributed by atoms with van der Waals surface area (Å²) in [4.78, 5) is 14.8. The molecule has 1 heterocycles. The van der Waals surface area contributed by atoms with Crippen molar-refractivity contribution in [2.24, 2.45) is 0 Å². The number of hydrogen-bond acceptors (Lipinski definition) is 4. The van der Waals surface area contributed by atoms with Gasteiger partial charge in [-0.3, -0.25) is 15.1 Å². The predicted molar refractivity (Wildman–Crippen MR) is 76.4 cm³/mol. The number of aromatic nitrogens is 1. The van der Waals surface area contributed by atoms with Crippen LogP contribution in [0.4, 0.5) is 11.4 Å². The lowest BCUT2D eigenvalue weighted by atomic mass is 10.1. The molecule has 2 rings (SSSR count). The standard InChI is InChI=1S/C14H15N3O2/c1-4-9(2)16-13-5-6-14(17(18)19)12-8-15-10(3)7-11(12)13/h4-9,16H,1H2,2-3H3. The smallest absolute Gasteiger partial charge is 0.278 e. The van der Waals surface area contributed by atoms with Crippen LogP contribution in [0.15, 0.2) is 37.1 Å². The molecule has 0 saturated carbocycles. The largest absolute Gasteiger partial charge is 0.379 e. The van der Waals surface area contributed by atoms with Gasteiger partial charge in [0.1, 0.15) is 0 Å². The van der Waals surface area contributed by atoms with Gasteiger partial charge in [0, 0.05) is 35.1 Å². The van der Waals surface area contributed by atoms with E-state index in [-0.39, 0.29) is 16.7 Å². The number of pyridine rings is 1. The molecule has 0 aliphatic heterocycles. The van der Waals surface area contributed by atoms with E-state index in [0.29, 0.717) is 5.39 Å². The third kappa shape index (κ3) is 2.54. The maximum atomic E-state index is 11.0. The molecule has 1 unspecified atom stereocenters. The zero-order chi connectivity index (χ0) is 14.0. The minimum Gasteiger partial charge on any atom is -0.379 e. The number of anilines is 1. The second-order valence-corrected chi connectivity index (χ2v) is 4.43. The molecule has 0 radical (unpaired) electrons. The van der Waals surface area contributed by atoms with Crippen LogP contribution in [0.5, 0.6) is 0 Å². The van der Waals surface area contributed by atoms with Crippen LogP contribution in [0.1, 0.15) is 12.6 Å². The minimum absolute atomic E-state index is 0.0688. The van der Waals surface area contributed by atoms with Crippen LogP contribution in [0.2, 0.25) is 0 Å². The molecule has 0 aliphatic carbocycles. The molecule has 5 nitrogen and oxygen atoms in total. The van der Waals surface area contributed by atoms with Gasteiger partial charge in [0.15, 0.2) is 0 Å². The Labute approximate surface area is 111 Å². The Balaban J connectivity index is 2.66. The number of nitrogens with zero attached hydrogens (tertiary/aromatic N) is 2. The lowest BCUT2D eigenvalue weighted by Crippen LogP contribution is -2.11. The monoisotopic (exact) mass is 257 g/mol. The molecule has 19 heavy (non-hydrogen) atoms. The number of rotatable bonds is 4. The van der Waals surface area contributed by atoms with Crippen molar-refractivity contribution in [1.29, 1.82) is 0 Å². The average Bonchev–Trinajstić information content (AvgIpc) is 2.38. The van der Waals surface area contributed by atoms with Crippen molar-refractivity contribution in [2.45, 2.75) is 19.9 Å². The number of benzene rings is 1. The van der Waals surface area contributed by atoms with Gasteiger partial charge in [0.25, 0.3) is 5.69 Å². The third-order valence-corrected chi connectivity index (χ3v) is 2.95. The highest BCUT2D eigenvalue weighted by atomic mass is 16.6. The van der Waals surface area contributed by atoms with Crippen LogP contribution in [0.25, 0.3) is 10.8 Å². The fourth-order valence-electron chi connectivity index (χ4n) is 1.92. The summed E-state index contributed by atoms with van der Waals surface area (Å²) in [5.41, 5.74) is 1.74. The van der Waals surface area contributed by atoms with Crippen molar-refractivity contribution >= 4 is 22.1 Å². The van der Waals surface area contributed by atoms with Crippen LogP contribution < -0.4 is 5.32 Å². The zero-order valence-corrected chi connectivity index (χ0v) is 10.9. The number of fused-ring (bicyclic) bond motifs is 1. The van der Waals surface area contributed by atoms with Gasteiger partial charge in [0.05, 0.1) is 10.3 Å². The molecule has 2 aromatic rings. The molecule has 0 amide bonds. The molecule has 5 heteroatoms. The van der Waals surface area contributed by atoms with E-state index in [9.17, 15) is 10.1 Å².